The summed E-state index contributed by atoms with van der Waals surface area (Å²) in [6.07, 6.45) is 5.88. The summed E-state index contributed by atoms with van der Waals surface area (Å²) >= 11 is 0. The van der Waals surface area contributed by atoms with Crippen LogP contribution in [0, 0.1) is 0 Å². The lowest BCUT2D eigenvalue weighted by atomic mass is 10.1. The van der Waals surface area contributed by atoms with Crippen LogP contribution in [-0.4, -0.2) is 82.1 Å². The standard InChI is InChI=1S/C30H31N7O4/c1-2-27(38)36-11-8-22(9-12-36)41-23-7-10-31-26(17-23)30(39)34-21-5-3-20(4-6-21)25-18-24-28(35-25)32-19-33-29(24)37-13-15-40-16-14-37/h2-7,10,17-19,22H,1,8-9,11-16H2,(H,34,39)(H,32,33,35). The number of hydrogen-bond donors (Lipinski definition) is 2. The van der Waals surface area contributed by atoms with Crippen LogP contribution in [0.4, 0.5) is 11.5 Å². The van der Waals surface area contributed by atoms with Gasteiger partial charge in [0, 0.05) is 62.7 Å². The number of anilines is 2. The van der Waals surface area contributed by atoms with Gasteiger partial charge in [-0.05, 0) is 35.9 Å². The molecule has 3 aromatic heterocycles. The van der Waals surface area contributed by atoms with E-state index in [0.717, 1.165) is 41.2 Å². The molecule has 0 atom stereocenters. The van der Waals surface area contributed by atoms with E-state index in [0.29, 0.717) is 50.6 Å². The quantitative estimate of drug-likeness (QED) is 0.332. The molecule has 11 nitrogen and oxygen atoms in total. The molecule has 0 saturated carbocycles. The molecule has 5 heterocycles. The van der Waals surface area contributed by atoms with Gasteiger partial charge in [-0.3, -0.25) is 14.6 Å². The first kappa shape index (κ1) is 26.5. The van der Waals surface area contributed by atoms with Crippen molar-refractivity contribution in [1.82, 2.24) is 24.8 Å². The number of benzene rings is 1. The van der Waals surface area contributed by atoms with Crippen LogP contribution in [-0.2, 0) is 9.53 Å². The highest BCUT2D eigenvalue weighted by molar-refractivity contribution is 6.03. The minimum Gasteiger partial charge on any atom is -0.490 e. The number of fused-ring (bicyclic) bond motifs is 1. The van der Waals surface area contributed by atoms with Crippen molar-refractivity contribution in [2.45, 2.75) is 18.9 Å². The number of aromatic nitrogens is 4. The molecule has 0 unspecified atom stereocenters. The van der Waals surface area contributed by atoms with Gasteiger partial charge in [-0.2, -0.15) is 0 Å². The minimum absolute atomic E-state index is 0.0321. The molecular weight excluding hydrogens is 522 g/mol. The average molecular weight is 554 g/mol. The maximum Gasteiger partial charge on any atom is 0.274 e. The van der Waals surface area contributed by atoms with E-state index >= 15 is 0 Å². The van der Waals surface area contributed by atoms with Crippen LogP contribution in [0.15, 0.2) is 67.6 Å². The van der Waals surface area contributed by atoms with Gasteiger partial charge in [-0.15, -0.1) is 0 Å². The summed E-state index contributed by atoms with van der Waals surface area (Å²) in [7, 11) is 0. The van der Waals surface area contributed by atoms with Crippen molar-refractivity contribution in [3.8, 4) is 17.0 Å². The second-order valence-electron chi connectivity index (χ2n) is 10.00. The van der Waals surface area contributed by atoms with Crippen molar-refractivity contribution in [1.29, 1.82) is 0 Å². The molecule has 0 bridgehead atoms. The van der Waals surface area contributed by atoms with Gasteiger partial charge < -0.3 is 29.6 Å². The highest BCUT2D eigenvalue weighted by atomic mass is 16.5. The Morgan fingerprint density at radius 2 is 1.80 bits per heavy atom. The Bertz CT molecular complexity index is 1550. The van der Waals surface area contributed by atoms with Crippen LogP contribution in [0.5, 0.6) is 5.75 Å². The third kappa shape index (κ3) is 5.90. The summed E-state index contributed by atoms with van der Waals surface area (Å²) in [6, 6.07) is 13.0. The number of nitrogens with zero attached hydrogens (tertiary/aromatic N) is 5. The van der Waals surface area contributed by atoms with Crippen molar-refractivity contribution in [3.05, 3.63) is 73.3 Å². The van der Waals surface area contributed by atoms with Crippen LogP contribution in [0.25, 0.3) is 22.3 Å². The lowest BCUT2D eigenvalue weighted by Crippen LogP contribution is -2.41. The number of aromatic amines is 1. The Hall–Kier alpha value is -4.77. The van der Waals surface area contributed by atoms with E-state index in [-0.39, 0.29) is 23.6 Å². The van der Waals surface area contributed by atoms with E-state index in [9.17, 15) is 9.59 Å². The van der Waals surface area contributed by atoms with Crippen molar-refractivity contribution in [2.75, 3.05) is 49.6 Å². The maximum absolute atomic E-state index is 13.0. The van der Waals surface area contributed by atoms with Crippen LogP contribution >= 0.6 is 0 Å². The zero-order valence-electron chi connectivity index (χ0n) is 22.6. The van der Waals surface area contributed by atoms with Crippen molar-refractivity contribution < 1.29 is 19.1 Å². The van der Waals surface area contributed by atoms with Crippen molar-refractivity contribution >= 4 is 34.4 Å². The normalized spacial score (nSPS) is 16.0. The smallest absolute Gasteiger partial charge is 0.274 e. The molecule has 4 aromatic rings. The summed E-state index contributed by atoms with van der Waals surface area (Å²) in [5, 5.41) is 3.87. The molecular formula is C30H31N7O4. The summed E-state index contributed by atoms with van der Waals surface area (Å²) in [5.41, 5.74) is 3.56. The van der Waals surface area contributed by atoms with E-state index in [4.69, 9.17) is 9.47 Å². The van der Waals surface area contributed by atoms with Crippen LogP contribution in [0.1, 0.15) is 23.3 Å². The Labute approximate surface area is 237 Å². The van der Waals surface area contributed by atoms with Gasteiger partial charge in [-0.25, -0.2) is 9.97 Å². The second kappa shape index (κ2) is 11.8. The van der Waals surface area contributed by atoms with E-state index in [1.807, 2.05) is 24.3 Å². The Balaban J connectivity index is 1.09. The lowest BCUT2D eigenvalue weighted by Gasteiger charge is -2.31. The number of ether oxygens (including phenoxy) is 2. The molecule has 11 heteroatoms. The molecule has 2 saturated heterocycles. The topological polar surface area (TPSA) is 126 Å². The Kier molecular flexibility index (Phi) is 7.59. The van der Waals surface area contributed by atoms with E-state index in [2.05, 4.69) is 42.8 Å². The first-order chi connectivity index (χ1) is 20.1. The van der Waals surface area contributed by atoms with Gasteiger partial charge in [0.1, 0.15) is 35.3 Å². The monoisotopic (exact) mass is 553 g/mol. The fraction of sp³-hybridized carbons (Fsp3) is 0.300. The average Bonchev–Trinajstić information content (AvgIpc) is 3.47. The first-order valence-electron chi connectivity index (χ1n) is 13.7. The molecule has 1 aromatic carbocycles. The number of piperidine rings is 1. The lowest BCUT2D eigenvalue weighted by molar-refractivity contribution is -0.127. The maximum atomic E-state index is 13.0. The van der Waals surface area contributed by atoms with Gasteiger partial charge in [-0.1, -0.05) is 18.7 Å². The number of morpholine rings is 1. The van der Waals surface area contributed by atoms with E-state index in [1.54, 1.807) is 29.6 Å². The Morgan fingerprint density at radius 1 is 1.02 bits per heavy atom. The van der Waals surface area contributed by atoms with Crippen molar-refractivity contribution in [3.63, 3.8) is 0 Å². The molecule has 41 heavy (non-hydrogen) atoms. The van der Waals surface area contributed by atoms with Crippen LogP contribution in [0.2, 0.25) is 0 Å². The molecule has 0 aliphatic carbocycles. The van der Waals surface area contributed by atoms with Gasteiger partial charge in [0.2, 0.25) is 5.91 Å². The third-order valence-electron chi connectivity index (χ3n) is 7.36. The number of hydrogen-bond acceptors (Lipinski definition) is 8. The second-order valence-corrected chi connectivity index (χ2v) is 10.00. The SMILES string of the molecule is C=CC(=O)N1CCC(Oc2ccnc(C(=O)Nc3ccc(-c4cc5c(N6CCOCC6)ncnc5[nH]4)cc3)c2)CC1. The summed E-state index contributed by atoms with van der Waals surface area (Å²) < 4.78 is 11.6. The molecule has 2 aliphatic heterocycles. The number of amides is 2. The van der Waals surface area contributed by atoms with Crippen LogP contribution < -0.4 is 15.0 Å². The molecule has 2 fully saturated rings. The third-order valence-corrected chi connectivity index (χ3v) is 7.36. The van der Waals surface area contributed by atoms with Crippen LogP contribution in [0.3, 0.4) is 0 Å². The summed E-state index contributed by atoms with van der Waals surface area (Å²) in [6.45, 7) is 7.73. The van der Waals surface area contributed by atoms with Gasteiger partial charge >= 0.3 is 0 Å². The highest BCUT2D eigenvalue weighted by Crippen LogP contribution is 2.30. The molecule has 2 amide bonds. The number of pyridine rings is 1. The largest absolute Gasteiger partial charge is 0.490 e. The van der Waals surface area contributed by atoms with E-state index < -0.39 is 0 Å². The molecule has 6 rings (SSSR count). The van der Waals surface area contributed by atoms with E-state index in [1.165, 1.54) is 6.08 Å². The number of carbonyl (C=O) groups excluding carboxylic acids is 2. The predicted octanol–water partition coefficient (Wildman–Crippen LogP) is 3.66. The zero-order chi connectivity index (χ0) is 28.2. The van der Waals surface area contributed by atoms with Crippen molar-refractivity contribution in [2.24, 2.45) is 0 Å². The predicted molar refractivity (Wildman–Crippen MR) is 155 cm³/mol. The minimum atomic E-state index is -0.328. The molecule has 210 valence electrons. The Morgan fingerprint density at radius 3 is 2.56 bits per heavy atom. The highest BCUT2D eigenvalue weighted by Gasteiger charge is 2.23. The fourth-order valence-corrected chi connectivity index (χ4v) is 5.16. The summed E-state index contributed by atoms with van der Waals surface area (Å²) in [5.74, 6) is 1.09. The number of carbonyl (C=O) groups is 2. The number of nitrogens with one attached hydrogen (secondary N) is 2. The molecule has 0 spiro atoms. The molecule has 0 radical (unpaired) electrons. The zero-order valence-corrected chi connectivity index (χ0v) is 22.6. The molecule has 2 aliphatic rings. The number of likely N-dealkylation sites (tertiary alicyclic amines) is 1. The first-order valence-corrected chi connectivity index (χ1v) is 13.7. The fourth-order valence-electron chi connectivity index (χ4n) is 5.16. The molecule has 2 N–H and O–H groups in total. The van der Waals surface area contributed by atoms with Gasteiger partial charge in [0.15, 0.2) is 0 Å². The summed E-state index contributed by atoms with van der Waals surface area (Å²) in [4.78, 5) is 45.3. The number of H-pyrrole nitrogens is 1. The van der Waals surface area contributed by atoms with Gasteiger partial charge in [0.05, 0.1) is 18.6 Å². The number of rotatable bonds is 7. The van der Waals surface area contributed by atoms with Gasteiger partial charge in [0.25, 0.3) is 5.91 Å².